The first kappa shape index (κ1) is 14.1. The summed E-state index contributed by atoms with van der Waals surface area (Å²) in [6.45, 7) is 1.99. The van der Waals surface area contributed by atoms with Crippen molar-refractivity contribution in [2.24, 2.45) is 0 Å². The number of amides is 1. The lowest BCUT2D eigenvalue weighted by Crippen LogP contribution is -2.26. The van der Waals surface area contributed by atoms with E-state index in [4.69, 9.17) is 0 Å². The maximum atomic E-state index is 12.1. The Morgan fingerprint density at radius 2 is 1.74 bits per heavy atom. The van der Waals surface area contributed by atoms with Gasteiger partial charge >= 0.3 is 0 Å². The Labute approximate surface area is 127 Å². The number of benzene rings is 2. The van der Waals surface area contributed by atoms with Gasteiger partial charge in [-0.2, -0.15) is 0 Å². The molecule has 19 heavy (non-hydrogen) atoms. The highest BCUT2D eigenvalue weighted by molar-refractivity contribution is 14.1. The van der Waals surface area contributed by atoms with E-state index in [0.29, 0.717) is 5.56 Å². The van der Waals surface area contributed by atoms with E-state index in [1.54, 1.807) is 0 Å². The molecule has 3 heteroatoms. The summed E-state index contributed by atoms with van der Waals surface area (Å²) >= 11 is 2.31. The fourth-order valence-corrected chi connectivity index (χ4v) is 2.36. The number of nitrogens with one attached hydrogen (secondary N) is 1. The minimum absolute atomic E-state index is 0.0120. The average molecular weight is 365 g/mol. The standard InChI is InChI=1S/C16H16INO/c1-12(14-5-3-2-4-6-14)18-16(19)15-9-7-13(11-17)8-10-15/h2-10,12H,11H2,1H3,(H,18,19). The van der Waals surface area contributed by atoms with Crippen LogP contribution >= 0.6 is 22.6 Å². The lowest BCUT2D eigenvalue weighted by Gasteiger charge is -2.14. The van der Waals surface area contributed by atoms with E-state index in [-0.39, 0.29) is 11.9 Å². The zero-order valence-corrected chi connectivity index (χ0v) is 12.9. The topological polar surface area (TPSA) is 29.1 Å². The van der Waals surface area contributed by atoms with Crippen LogP contribution in [-0.2, 0) is 4.43 Å². The molecular formula is C16H16INO. The Morgan fingerprint density at radius 3 is 2.32 bits per heavy atom. The third-order valence-electron chi connectivity index (χ3n) is 3.02. The number of hydrogen-bond acceptors (Lipinski definition) is 1. The first-order valence-electron chi connectivity index (χ1n) is 6.21. The first-order valence-corrected chi connectivity index (χ1v) is 7.74. The third-order valence-corrected chi connectivity index (χ3v) is 3.90. The number of hydrogen-bond donors (Lipinski definition) is 1. The smallest absolute Gasteiger partial charge is 0.251 e. The van der Waals surface area contributed by atoms with Crippen molar-refractivity contribution in [2.75, 3.05) is 0 Å². The number of rotatable bonds is 4. The molecule has 1 atom stereocenters. The number of alkyl halides is 1. The molecule has 2 aromatic rings. The SMILES string of the molecule is CC(NC(=O)c1ccc(CI)cc1)c1ccccc1. The van der Waals surface area contributed by atoms with E-state index in [0.717, 1.165) is 9.99 Å². The van der Waals surface area contributed by atoms with Gasteiger partial charge in [-0.15, -0.1) is 0 Å². The van der Waals surface area contributed by atoms with E-state index in [1.807, 2.05) is 61.5 Å². The molecule has 0 spiro atoms. The Kier molecular flexibility index (Phi) is 4.96. The summed E-state index contributed by atoms with van der Waals surface area (Å²) in [7, 11) is 0. The van der Waals surface area contributed by atoms with Gasteiger partial charge in [-0.25, -0.2) is 0 Å². The van der Waals surface area contributed by atoms with E-state index in [2.05, 4.69) is 27.9 Å². The quantitative estimate of drug-likeness (QED) is 0.641. The summed E-state index contributed by atoms with van der Waals surface area (Å²) in [4.78, 5) is 12.1. The molecule has 1 amide bonds. The summed E-state index contributed by atoms with van der Waals surface area (Å²) in [5.74, 6) is -0.0311. The molecular weight excluding hydrogens is 349 g/mol. The molecule has 0 aliphatic carbocycles. The lowest BCUT2D eigenvalue weighted by molar-refractivity contribution is 0.0940. The van der Waals surface area contributed by atoms with Gasteiger partial charge in [-0.1, -0.05) is 65.1 Å². The highest BCUT2D eigenvalue weighted by atomic mass is 127. The molecule has 2 aromatic carbocycles. The zero-order valence-electron chi connectivity index (χ0n) is 10.8. The van der Waals surface area contributed by atoms with Crippen LogP contribution < -0.4 is 5.32 Å². The van der Waals surface area contributed by atoms with Crippen molar-refractivity contribution in [3.63, 3.8) is 0 Å². The molecule has 0 aliphatic heterocycles. The van der Waals surface area contributed by atoms with Gasteiger partial charge in [0.2, 0.25) is 0 Å². The van der Waals surface area contributed by atoms with Gasteiger partial charge in [-0.05, 0) is 30.2 Å². The van der Waals surface area contributed by atoms with Crippen LogP contribution in [0.2, 0.25) is 0 Å². The second-order valence-electron chi connectivity index (χ2n) is 4.44. The van der Waals surface area contributed by atoms with Crippen molar-refractivity contribution in [2.45, 2.75) is 17.4 Å². The molecule has 2 rings (SSSR count). The molecule has 0 heterocycles. The van der Waals surface area contributed by atoms with Crippen LogP contribution in [0, 0.1) is 0 Å². The van der Waals surface area contributed by atoms with Crippen LogP contribution in [0.4, 0.5) is 0 Å². The van der Waals surface area contributed by atoms with Crippen molar-refractivity contribution in [3.8, 4) is 0 Å². The van der Waals surface area contributed by atoms with E-state index >= 15 is 0 Å². The Balaban J connectivity index is 2.04. The Hall–Kier alpha value is -1.36. The number of carbonyl (C=O) groups excluding carboxylic acids is 1. The van der Waals surface area contributed by atoms with Crippen molar-refractivity contribution in [1.82, 2.24) is 5.32 Å². The van der Waals surface area contributed by atoms with Crippen LogP contribution in [0.3, 0.4) is 0 Å². The van der Waals surface area contributed by atoms with Gasteiger partial charge in [-0.3, -0.25) is 4.79 Å². The second kappa shape index (κ2) is 6.70. The van der Waals surface area contributed by atoms with Gasteiger partial charge in [0, 0.05) is 9.99 Å². The van der Waals surface area contributed by atoms with Gasteiger partial charge in [0.15, 0.2) is 0 Å². The maximum Gasteiger partial charge on any atom is 0.251 e. The second-order valence-corrected chi connectivity index (χ2v) is 5.20. The molecule has 98 valence electrons. The fraction of sp³-hybridized carbons (Fsp3) is 0.188. The minimum Gasteiger partial charge on any atom is -0.346 e. The molecule has 0 bridgehead atoms. The molecule has 0 saturated heterocycles. The maximum absolute atomic E-state index is 12.1. The van der Waals surface area contributed by atoms with Gasteiger partial charge < -0.3 is 5.32 Å². The Morgan fingerprint density at radius 1 is 1.11 bits per heavy atom. The zero-order chi connectivity index (χ0) is 13.7. The van der Waals surface area contributed by atoms with Crippen LogP contribution in [-0.4, -0.2) is 5.91 Å². The molecule has 0 aromatic heterocycles. The lowest BCUT2D eigenvalue weighted by atomic mass is 10.1. The number of carbonyl (C=O) groups is 1. The van der Waals surface area contributed by atoms with E-state index in [9.17, 15) is 4.79 Å². The molecule has 0 radical (unpaired) electrons. The van der Waals surface area contributed by atoms with Crippen molar-refractivity contribution in [1.29, 1.82) is 0 Å². The minimum atomic E-state index is -0.0311. The van der Waals surface area contributed by atoms with E-state index < -0.39 is 0 Å². The van der Waals surface area contributed by atoms with E-state index in [1.165, 1.54) is 5.56 Å². The van der Waals surface area contributed by atoms with Crippen LogP contribution in [0.15, 0.2) is 54.6 Å². The average Bonchev–Trinajstić information content (AvgIpc) is 2.48. The summed E-state index contributed by atoms with van der Waals surface area (Å²) in [6, 6.07) is 17.7. The summed E-state index contributed by atoms with van der Waals surface area (Å²) < 4.78 is 0.958. The molecule has 2 nitrogen and oxygen atoms in total. The van der Waals surface area contributed by atoms with Crippen LogP contribution in [0.1, 0.15) is 34.5 Å². The van der Waals surface area contributed by atoms with Gasteiger partial charge in [0.05, 0.1) is 6.04 Å². The van der Waals surface area contributed by atoms with Crippen LogP contribution in [0.5, 0.6) is 0 Å². The van der Waals surface area contributed by atoms with Crippen molar-refractivity contribution < 1.29 is 4.79 Å². The third kappa shape index (κ3) is 3.80. The summed E-state index contributed by atoms with van der Waals surface area (Å²) in [5, 5.41) is 3.01. The number of halogens is 1. The molecule has 0 aliphatic rings. The molecule has 1 unspecified atom stereocenters. The van der Waals surface area contributed by atoms with Crippen molar-refractivity contribution in [3.05, 3.63) is 71.3 Å². The highest BCUT2D eigenvalue weighted by Gasteiger charge is 2.10. The predicted octanol–water partition coefficient (Wildman–Crippen LogP) is 4.11. The first-order chi connectivity index (χ1) is 9.20. The van der Waals surface area contributed by atoms with Gasteiger partial charge in [0.1, 0.15) is 0 Å². The Bertz CT molecular complexity index is 536. The summed E-state index contributed by atoms with van der Waals surface area (Å²) in [5.41, 5.74) is 3.05. The largest absolute Gasteiger partial charge is 0.346 e. The fourth-order valence-electron chi connectivity index (χ4n) is 1.85. The molecule has 1 N–H and O–H groups in total. The van der Waals surface area contributed by atoms with Crippen molar-refractivity contribution >= 4 is 28.5 Å². The summed E-state index contributed by atoms with van der Waals surface area (Å²) in [6.07, 6.45) is 0. The normalized spacial score (nSPS) is 11.9. The van der Waals surface area contributed by atoms with Crippen LogP contribution in [0.25, 0.3) is 0 Å². The highest BCUT2D eigenvalue weighted by Crippen LogP contribution is 2.13. The molecule has 0 saturated carbocycles. The molecule has 0 fully saturated rings. The van der Waals surface area contributed by atoms with Gasteiger partial charge in [0.25, 0.3) is 5.91 Å². The predicted molar refractivity (Wildman–Crippen MR) is 86.5 cm³/mol. The monoisotopic (exact) mass is 365 g/mol.